The van der Waals surface area contributed by atoms with Crippen molar-refractivity contribution < 1.29 is 31.1 Å². The number of hydrogen-bond acceptors (Lipinski definition) is 3. The molecule has 0 saturated heterocycles. The molecule has 1 fully saturated rings. The van der Waals surface area contributed by atoms with Gasteiger partial charge in [0.1, 0.15) is 5.04 Å². The van der Waals surface area contributed by atoms with Gasteiger partial charge in [-0.3, -0.25) is 0 Å². The third-order valence-electron chi connectivity index (χ3n) is 6.74. The van der Waals surface area contributed by atoms with E-state index in [-0.39, 0.29) is 16.2 Å². The molecule has 9 heteroatoms. The second-order valence-electron chi connectivity index (χ2n) is 8.89. The monoisotopic (exact) mass is 495 g/mol. The maximum Gasteiger partial charge on any atom is 0.380 e. The first-order valence-electron chi connectivity index (χ1n) is 10.4. The molecule has 0 radical (unpaired) electrons. The molecule has 0 aromatic heterocycles. The summed E-state index contributed by atoms with van der Waals surface area (Å²) in [6.45, 7) is 3.06. The van der Waals surface area contributed by atoms with Crippen LogP contribution in [0.4, 0.5) is 26.3 Å². The van der Waals surface area contributed by atoms with E-state index in [1.807, 2.05) is 0 Å². The van der Waals surface area contributed by atoms with E-state index in [4.69, 9.17) is 4.74 Å². The van der Waals surface area contributed by atoms with Crippen molar-refractivity contribution in [3.8, 4) is 0 Å². The number of rotatable bonds is 3. The number of methoxy groups -OCH3 is 1. The van der Waals surface area contributed by atoms with E-state index >= 15 is 17.6 Å². The van der Waals surface area contributed by atoms with Gasteiger partial charge in [0, 0.05) is 23.7 Å². The summed E-state index contributed by atoms with van der Waals surface area (Å²) in [5.74, 6) is -15.9. The van der Waals surface area contributed by atoms with Crippen molar-refractivity contribution >= 4 is 22.4 Å². The molecule has 2 nitrogen and oxygen atoms in total. The summed E-state index contributed by atoms with van der Waals surface area (Å²) in [6.07, 6.45) is 0. The molecule has 178 valence electrons. The number of benzene rings is 2. The number of fused-ring (bicyclic) bond motifs is 2. The Morgan fingerprint density at radius 3 is 1.74 bits per heavy atom. The lowest BCUT2D eigenvalue weighted by atomic mass is 9.66. The molecule has 0 bridgehead atoms. The molecule has 0 spiro atoms. The fourth-order valence-electron chi connectivity index (χ4n) is 5.09. The van der Waals surface area contributed by atoms with Crippen molar-refractivity contribution in [3.63, 3.8) is 0 Å². The SMILES string of the molecule is COC12SC(c3ccccc3)=NC1=C1C(=C(c3ccccc3)C2(C)C)C(F)(F)C(F)(F)C1(F)F. The van der Waals surface area contributed by atoms with Crippen LogP contribution in [0, 0.1) is 5.41 Å². The van der Waals surface area contributed by atoms with Crippen LogP contribution >= 0.6 is 11.8 Å². The average molecular weight is 495 g/mol. The van der Waals surface area contributed by atoms with Gasteiger partial charge in [0.05, 0.1) is 11.3 Å². The molecule has 1 saturated carbocycles. The van der Waals surface area contributed by atoms with Crippen molar-refractivity contribution in [2.24, 2.45) is 10.4 Å². The molecule has 2 aromatic rings. The number of ether oxygens (including phenoxy) is 1. The number of hydrogen-bond donors (Lipinski definition) is 0. The first kappa shape index (κ1) is 23.2. The number of nitrogens with zero attached hydrogens (tertiary/aromatic N) is 1. The van der Waals surface area contributed by atoms with Crippen molar-refractivity contribution in [2.45, 2.75) is 36.5 Å². The summed E-state index contributed by atoms with van der Waals surface area (Å²) in [5, 5.41) is 0.223. The smallest absolute Gasteiger partial charge is 0.360 e. The Morgan fingerprint density at radius 1 is 0.706 bits per heavy atom. The van der Waals surface area contributed by atoms with Crippen LogP contribution < -0.4 is 0 Å². The second kappa shape index (κ2) is 7.01. The van der Waals surface area contributed by atoms with E-state index in [0.29, 0.717) is 5.56 Å². The Morgan fingerprint density at radius 2 is 1.21 bits per heavy atom. The minimum Gasteiger partial charge on any atom is -0.360 e. The normalized spacial score (nSPS) is 28.0. The zero-order valence-electron chi connectivity index (χ0n) is 18.3. The zero-order valence-corrected chi connectivity index (χ0v) is 19.1. The maximum atomic E-state index is 15.3. The lowest BCUT2D eigenvalue weighted by Gasteiger charge is -2.48. The standard InChI is InChI=1S/C25H19F6NOS/c1-21(2)16(14-10-6-4-7-11-14)17-18(23(28,29)25(30,31)22(17,26)27)19-24(21,33-3)34-20(32-19)15-12-8-5-9-13-15/h4-13H,1-3H3. The molecular formula is C25H19F6NOS. The molecule has 1 aliphatic heterocycles. The molecule has 1 atom stereocenters. The fourth-order valence-corrected chi connectivity index (χ4v) is 6.43. The van der Waals surface area contributed by atoms with Gasteiger partial charge in [0.15, 0.2) is 4.93 Å². The molecular weight excluding hydrogens is 476 g/mol. The van der Waals surface area contributed by atoms with Gasteiger partial charge in [-0.2, -0.15) is 26.3 Å². The average Bonchev–Trinajstić information content (AvgIpc) is 3.24. The van der Waals surface area contributed by atoms with E-state index in [1.54, 1.807) is 36.4 Å². The molecule has 1 unspecified atom stereocenters. The summed E-state index contributed by atoms with van der Waals surface area (Å²) in [4.78, 5) is 2.52. The highest BCUT2D eigenvalue weighted by molar-refractivity contribution is 8.16. The van der Waals surface area contributed by atoms with Gasteiger partial charge in [-0.1, -0.05) is 86.3 Å². The predicted octanol–water partition coefficient (Wildman–Crippen LogP) is 7.19. The lowest BCUT2D eigenvalue weighted by Crippen LogP contribution is -2.48. The van der Waals surface area contributed by atoms with Gasteiger partial charge < -0.3 is 4.74 Å². The van der Waals surface area contributed by atoms with Gasteiger partial charge in [-0.15, -0.1) is 0 Å². The lowest BCUT2D eigenvalue weighted by molar-refractivity contribution is -0.258. The van der Waals surface area contributed by atoms with E-state index in [2.05, 4.69) is 4.99 Å². The minimum absolute atomic E-state index is 0.136. The van der Waals surface area contributed by atoms with Gasteiger partial charge in [-0.05, 0) is 11.1 Å². The topological polar surface area (TPSA) is 21.6 Å². The van der Waals surface area contributed by atoms with Crippen molar-refractivity contribution in [3.05, 3.63) is 88.6 Å². The summed E-state index contributed by atoms with van der Waals surface area (Å²) < 4.78 is 96.6. The molecule has 3 aliphatic rings. The zero-order chi connectivity index (χ0) is 24.7. The Kier molecular flexibility index (Phi) is 4.79. The fraction of sp³-hybridized carbons (Fsp3) is 0.320. The minimum atomic E-state index is -5.65. The first-order chi connectivity index (χ1) is 15.8. The molecule has 2 aliphatic carbocycles. The molecule has 34 heavy (non-hydrogen) atoms. The Labute approximate surface area is 196 Å². The number of alkyl halides is 6. The highest BCUT2D eigenvalue weighted by atomic mass is 32.2. The van der Waals surface area contributed by atoms with Gasteiger partial charge in [-0.25, -0.2) is 4.99 Å². The van der Waals surface area contributed by atoms with E-state index in [1.165, 1.54) is 45.2 Å². The highest BCUT2D eigenvalue weighted by Crippen LogP contribution is 2.72. The number of thioether (sulfide) groups is 1. The molecule has 0 amide bonds. The highest BCUT2D eigenvalue weighted by Gasteiger charge is 2.84. The van der Waals surface area contributed by atoms with Crippen molar-refractivity contribution in [1.82, 2.24) is 0 Å². The Balaban J connectivity index is 1.95. The van der Waals surface area contributed by atoms with E-state index in [9.17, 15) is 8.78 Å². The molecule has 0 N–H and O–H groups in total. The summed E-state index contributed by atoms with van der Waals surface area (Å²) in [7, 11) is 1.25. The molecule has 1 heterocycles. The van der Waals surface area contributed by atoms with Crippen LogP contribution in [0.1, 0.15) is 25.0 Å². The summed E-state index contributed by atoms with van der Waals surface area (Å²) in [6, 6.07) is 16.1. The third-order valence-corrected chi connectivity index (χ3v) is 8.42. The largest absolute Gasteiger partial charge is 0.380 e. The van der Waals surface area contributed by atoms with Crippen LogP contribution in [0.3, 0.4) is 0 Å². The molecule has 5 rings (SSSR count). The number of halogens is 6. The second-order valence-corrected chi connectivity index (χ2v) is 10.1. The van der Waals surface area contributed by atoms with E-state index < -0.39 is 45.0 Å². The van der Waals surface area contributed by atoms with Crippen LogP contribution in [0.2, 0.25) is 0 Å². The third kappa shape index (κ3) is 2.57. The van der Waals surface area contributed by atoms with Crippen molar-refractivity contribution in [1.29, 1.82) is 0 Å². The van der Waals surface area contributed by atoms with Crippen LogP contribution in [0.5, 0.6) is 0 Å². The van der Waals surface area contributed by atoms with Crippen LogP contribution in [-0.4, -0.2) is 34.9 Å². The number of aliphatic imine (C=N–C) groups is 1. The van der Waals surface area contributed by atoms with E-state index in [0.717, 1.165) is 11.8 Å². The maximum absolute atomic E-state index is 15.3. The molecule has 2 aromatic carbocycles. The summed E-state index contributed by atoms with van der Waals surface area (Å²) >= 11 is 0.963. The van der Waals surface area contributed by atoms with Crippen LogP contribution in [-0.2, 0) is 4.74 Å². The van der Waals surface area contributed by atoms with Crippen LogP contribution in [0.25, 0.3) is 5.57 Å². The Bertz CT molecular complexity index is 1270. The number of allylic oxidation sites excluding steroid dienone is 2. The van der Waals surface area contributed by atoms with Gasteiger partial charge >= 0.3 is 17.8 Å². The Hall–Kier alpha value is -2.52. The van der Waals surface area contributed by atoms with Crippen LogP contribution in [0.15, 0.2) is 82.5 Å². The van der Waals surface area contributed by atoms with Crippen molar-refractivity contribution in [2.75, 3.05) is 7.11 Å². The van der Waals surface area contributed by atoms with Gasteiger partial charge in [0.25, 0.3) is 0 Å². The summed E-state index contributed by atoms with van der Waals surface area (Å²) in [5.41, 5.74) is -4.53. The quantitative estimate of drug-likeness (QED) is 0.421. The predicted molar refractivity (Wildman–Crippen MR) is 119 cm³/mol. The first-order valence-corrected chi connectivity index (χ1v) is 11.2. The van der Waals surface area contributed by atoms with Gasteiger partial charge in [0.2, 0.25) is 0 Å².